The number of halogens is 1. The minimum atomic E-state index is 0. The zero-order valence-corrected chi connectivity index (χ0v) is 12.4. The molecule has 94 valence electrons. The molecule has 0 bridgehead atoms. The number of unbranched alkanes of at least 4 members (excludes halogenated alkanes) is 5. The van der Waals surface area contributed by atoms with Crippen LogP contribution in [0, 0.1) is 6.92 Å². The van der Waals surface area contributed by atoms with Crippen molar-refractivity contribution in [3.05, 3.63) is 29.8 Å². The van der Waals surface area contributed by atoms with E-state index in [4.69, 9.17) is 0 Å². The van der Waals surface area contributed by atoms with Crippen LogP contribution in [0.1, 0.15) is 51.0 Å². The van der Waals surface area contributed by atoms with Gasteiger partial charge in [0.15, 0.2) is 0 Å². The van der Waals surface area contributed by atoms with Crippen molar-refractivity contribution in [2.45, 2.75) is 57.7 Å². The summed E-state index contributed by atoms with van der Waals surface area (Å²) in [6.07, 6.45) is 8.54. The third kappa shape index (κ3) is 8.41. The molecule has 2 heteroatoms. The Balaban J connectivity index is 0.00000256. The van der Waals surface area contributed by atoms with E-state index in [1.807, 2.05) is 0 Å². The fourth-order valence-electron chi connectivity index (χ4n) is 1.90. The predicted molar refractivity (Wildman–Crippen MR) is 74.8 cm³/mol. The van der Waals surface area contributed by atoms with Gasteiger partial charge in [-0.3, -0.25) is 0 Å². The second-order valence-electron chi connectivity index (χ2n) is 4.67. The molecular formula is C15H24AlF. The Morgan fingerprint density at radius 1 is 0.882 bits per heavy atom. The van der Waals surface area contributed by atoms with Crippen molar-refractivity contribution in [1.82, 2.24) is 0 Å². The summed E-state index contributed by atoms with van der Waals surface area (Å²) in [5.41, 5.74) is 1.38. The molecule has 0 aliphatic carbocycles. The summed E-state index contributed by atoms with van der Waals surface area (Å²) in [5.74, 6) is 0. The fraction of sp³-hybridized carbons (Fsp3) is 0.600. The first-order valence-electron chi connectivity index (χ1n) is 6.73. The van der Waals surface area contributed by atoms with E-state index in [1.54, 1.807) is 4.43 Å². The molecule has 1 aromatic rings. The Morgan fingerprint density at radius 3 is 2.12 bits per heavy atom. The Labute approximate surface area is 112 Å². The zero-order valence-electron chi connectivity index (χ0n) is 11.2. The molecule has 0 aromatic heterocycles. The Hall–Kier alpha value is -0.318. The summed E-state index contributed by atoms with van der Waals surface area (Å²) >= 11 is 0.523. The molecule has 0 amide bonds. The molecule has 0 aliphatic rings. The summed E-state index contributed by atoms with van der Waals surface area (Å²) < 4.78 is 1.58. The van der Waals surface area contributed by atoms with Crippen LogP contribution in [0.15, 0.2) is 24.3 Å². The van der Waals surface area contributed by atoms with Crippen molar-refractivity contribution in [2.75, 3.05) is 0 Å². The van der Waals surface area contributed by atoms with Crippen molar-refractivity contribution in [2.24, 2.45) is 0 Å². The second-order valence-corrected chi connectivity index (χ2v) is 6.32. The molecular weight excluding hydrogens is 226 g/mol. The maximum absolute atomic E-state index is 2.31. The smallest absolute Gasteiger partial charge is 1.00 e. The molecule has 0 atom stereocenters. The molecule has 0 aliphatic heterocycles. The van der Waals surface area contributed by atoms with Gasteiger partial charge in [-0.2, -0.15) is 0 Å². The molecule has 0 N–H and O–H groups in total. The summed E-state index contributed by atoms with van der Waals surface area (Å²) in [5, 5.41) is 1.44. The Kier molecular flexibility index (Phi) is 10.6. The van der Waals surface area contributed by atoms with Crippen LogP contribution in [0.25, 0.3) is 0 Å². The van der Waals surface area contributed by atoms with Crippen molar-refractivity contribution >= 4 is 19.6 Å². The first-order valence-corrected chi connectivity index (χ1v) is 8.12. The molecule has 17 heavy (non-hydrogen) atoms. The van der Waals surface area contributed by atoms with Crippen LogP contribution in [-0.2, 0) is 0 Å². The van der Waals surface area contributed by atoms with Crippen LogP contribution in [0.2, 0.25) is 5.28 Å². The van der Waals surface area contributed by atoms with Gasteiger partial charge in [0.05, 0.1) is 0 Å². The minimum Gasteiger partial charge on any atom is -1.00 e. The van der Waals surface area contributed by atoms with Gasteiger partial charge in [-0.15, -0.1) is 0 Å². The predicted octanol–water partition coefficient (Wildman–Crippen LogP) is 1.11. The third-order valence-corrected chi connectivity index (χ3v) is 4.57. The fourth-order valence-corrected chi connectivity index (χ4v) is 3.19. The van der Waals surface area contributed by atoms with E-state index in [0.717, 1.165) is 0 Å². The molecule has 0 spiro atoms. The normalized spacial score (nSPS) is 9.53. The number of hydrogen-bond donors (Lipinski definition) is 0. The monoisotopic (exact) mass is 250 g/mol. The van der Waals surface area contributed by atoms with E-state index in [1.165, 1.54) is 49.4 Å². The van der Waals surface area contributed by atoms with E-state index >= 15 is 0 Å². The van der Waals surface area contributed by atoms with Gasteiger partial charge in [0.1, 0.15) is 0 Å². The van der Waals surface area contributed by atoms with Crippen molar-refractivity contribution < 1.29 is 4.70 Å². The van der Waals surface area contributed by atoms with Gasteiger partial charge in [-0.25, -0.2) is 0 Å². The van der Waals surface area contributed by atoms with E-state index in [0.29, 0.717) is 15.2 Å². The molecule has 0 saturated heterocycles. The third-order valence-electron chi connectivity index (χ3n) is 3.02. The Bertz CT molecular complexity index is 269. The number of aryl methyl sites for hydroxylation is 1. The molecule has 0 heterocycles. The van der Waals surface area contributed by atoms with Gasteiger partial charge in [0, 0.05) is 0 Å². The molecule has 1 aromatic carbocycles. The van der Waals surface area contributed by atoms with Crippen molar-refractivity contribution in [3.8, 4) is 0 Å². The van der Waals surface area contributed by atoms with Gasteiger partial charge in [0.25, 0.3) is 0 Å². The standard InChI is InChI=1S/C8H17.C7H7.Al.FH/c1-3-5-7-8-6-4-2;1-7-5-3-2-4-6-7;;/h1,3-8H2,2H3;3-6H,1H3;;1H/q;;+1;/p-1. The van der Waals surface area contributed by atoms with Crippen LogP contribution >= 0.6 is 0 Å². The van der Waals surface area contributed by atoms with E-state index in [-0.39, 0.29) is 4.70 Å². The van der Waals surface area contributed by atoms with Crippen LogP contribution in [-0.4, -0.2) is 15.2 Å². The van der Waals surface area contributed by atoms with E-state index in [9.17, 15) is 0 Å². The maximum Gasteiger partial charge on any atom is -1.00 e. The number of benzene rings is 1. The second kappa shape index (κ2) is 10.8. The minimum absolute atomic E-state index is 0. The molecule has 0 unspecified atom stereocenters. The summed E-state index contributed by atoms with van der Waals surface area (Å²) in [7, 11) is 0. The number of rotatable bonds is 8. The average Bonchev–Trinajstić information content (AvgIpc) is 2.30. The zero-order chi connectivity index (χ0) is 11.6. The van der Waals surface area contributed by atoms with Gasteiger partial charge < -0.3 is 4.70 Å². The van der Waals surface area contributed by atoms with Gasteiger partial charge in [-0.1, -0.05) is 0 Å². The quantitative estimate of drug-likeness (QED) is 0.479. The maximum atomic E-state index is 2.31. The van der Waals surface area contributed by atoms with Crippen LogP contribution in [0.4, 0.5) is 0 Å². The van der Waals surface area contributed by atoms with Crippen molar-refractivity contribution in [3.63, 3.8) is 0 Å². The number of hydrogen-bond acceptors (Lipinski definition) is 0. The average molecular weight is 250 g/mol. The topological polar surface area (TPSA) is 0 Å². The van der Waals surface area contributed by atoms with Crippen LogP contribution in [0.3, 0.4) is 0 Å². The first kappa shape index (κ1) is 16.7. The van der Waals surface area contributed by atoms with Gasteiger partial charge >= 0.3 is 107 Å². The van der Waals surface area contributed by atoms with Crippen molar-refractivity contribution in [1.29, 1.82) is 0 Å². The molecule has 1 rings (SSSR count). The molecule has 0 saturated carbocycles. The first-order chi connectivity index (χ1) is 7.83. The Morgan fingerprint density at radius 2 is 1.47 bits per heavy atom. The molecule has 0 nitrogen and oxygen atoms in total. The van der Waals surface area contributed by atoms with Gasteiger partial charge in [0.2, 0.25) is 0 Å². The van der Waals surface area contributed by atoms with Crippen LogP contribution < -0.4 is 9.13 Å². The summed E-state index contributed by atoms with van der Waals surface area (Å²) in [6, 6.07) is 9.09. The summed E-state index contributed by atoms with van der Waals surface area (Å²) in [6.45, 7) is 4.44. The van der Waals surface area contributed by atoms with Gasteiger partial charge in [-0.05, 0) is 0 Å². The largest absolute Gasteiger partial charge is 1.00 e. The molecule has 0 fully saturated rings. The molecule has 0 radical (unpaired) electrons. The van der Waals surface area contributed by atoms with E-state index < -0.39 is 0 Å². The van der Waals surface area contributed by atoms with Crippen LogP contribution in [0.5, 0.6) is 0 Å². The SMILES string of the molecule is CCCCCCC[CH2][Al+][c]1ccc(C)cc1.[F-]. The van der Waals surface area contributed by atoms with E-state index in [2.05, 4.69) is 38.1 Å². The summed E-state index contributed by atoms with van der Waals surface area (Å²) in [4.78, 5) is 0.